The summed E-state index contributed by atoms with van der Waals surface area (Å²) < 4.78 is 2.83. The predicted molar refractivity (Wildman–Crippen MR) is 103 cm³/mol. The van der Waals surface area contributed by atoms with Crippen LogP contribution in [0.2, 0.25) is 0 Å². The van der Waals surface area contributed by atoms with Crippen molar-refractivity contribution in [1.29, 1.82) is 0 Å². The average molecular weight is 381 g/mol. The maximum atomic E-state index is 12.7. The van der Waals surface area contributed by atoms with Gasteiger partial charge in [0.25, 0.3) is 5.56 Å². The molecule has 0 saturated carbocycles. The Morgan fingerprint density at radius 2 is 1.82 bits per heavy atom. The minimum atomic E-state index is -0.233. The quantitative estimate of drug-likeness (QED) is 0.706. The molecule has 0 aliphatic carbocycles. The SMILES string of the molecule is O=c1c(-n2ccnn2)c[nH]n1-c1cc(N2CCC(N3CCCC3)CC2)ncn1. The Morgan fingerprint density at radius 3 is 2.57 bits per heavy atom. The Bertz CT molecular complexity index is 979. The summed E-state index contributed by atoms with van der Waals surface area (Å²) in [5.74, 6) is 1.37. The Kier molecular flexibility index (Phi) is 4.40. The highest BCUT2D eigenvalue weighted by Crippen LogP contribution is 2.24. The summed E-state index contributed by atoms with van der Waals surface area (Å²) >= 11 is 0. The molecule has 0 atom stereocenters. The van der Waals surface area contributed by atoms with E-state index < -0.39 is 0 Å². The van der Waals surface area contributed by atoms with Crippen LogP contribution in [0.4, 0.5) is 5.82 Å². The van der Waals surface area contributed by atoms with Gasteiger partial charge in [-0.05, 0) is 38.8 Å². The molecule has 5 rings (SSSR count). The number of hydrogen-bond donors (Lipinski definition) is 1. The van der Waals surface area contributed by atoms with Crippen LogP contribution in [0.15, 0.2) is 35.8 Å². The fraction of sp³-hybridized carbons (Fsp3) is 0.500. The van der Waals surface area contributed by atoms with Crippen molar-refractivity contribution in [2.75, 3.05) is 31.1 Å². The number of likely N-dealkylation sites (tertiary alicyclic amines) is 1. The highest BCUT2D eigenvalue weighted by atomic mass is 16.1. The average Bonchev–Trinajstić information content (AvgIpc) is 3.50. The minimum absolute atomic E-state index is 0.233. The van der Waals surface area contributed by atoms with E-state index in [1.165, 1.54) is 47.8 Å². The molecule has 0 unspecified atom stereocenters. The molecule has 0 bridgehead atoms. The van der Waals surface area contributed by atoms with E-state index in [2.05, 4.69) is 35.2 Å². The summed E-state index contributed by atoms with van der Waals surface area (Å²) in [6, 6.07) is 2.55. The second kappa shape index (κ2) is 7.19. The Balaban J connectivity index is 1.34. The van der Waals surface area contributed by atoms with Crippen LogP contribution in [0.5, 0.6) is 0 Å². The van der Waals surface area contributed by atoms with Gasteiger partial charge in [0, 0.05) is 25.2 Å². The van der Waals surface area contributed by atoms with Crippen LogP contribution in [0, 0.1) is 0 Å². The molecule has 0 aromatic carbocycles. The molecule has 3 aromatic heterocycles. The zero-order valence-electron chi connectivity index (χ0n) is 15.6. The van der Waals surface area contributed by atoms with Gasteiger partial charge in [-0.1, -0.05) is 5.21 Å². The van der Waals surface area contributed by atoms with Gasteiger partial charge in [0.1, 0.15) is 12.1 Å². The third-order valence-corrected chi connectivity index (χ3v) is 5.73. The number of nitrogens with one attached hydrogen (secondary N) is 1. The van der Waals surface area contributed by atoms with Crippen LogP contribution in [0.1, 0.15) is 25.7 Å². The number of rotatable bonds is 4. The summed E-state index contributed by atoms with van der Waals surface area (Å²) in [5, 5.41) is 10.6. The molecule has 5 heterocycles. The molecular formula is C18H23N9O. The lowest BCUT2D eigenvalue weighted by Crippen LogP contribution is -2.44. The molecule has 2 aliphatic rings. The van der Waals surface area contributed by atoms with Crippen molar-refractivity contribution in [1.82, 2.24) is 39.6 Å². The van der Waals surface area contributed by atoms with E-state index in [-0.39, 0.29) is 5.56 Å². The third-order valence-electron chi connectivity index (χ3n) is 5.73. The molecule has 146 valence electrons. The summed E-state index contributed by atoms with van der Waals surface area (Å²) in [5.41, 5.74) is 0.159. The van der Waals surface area contributed by atoms with Gasteiger partial charge >= 0.3 is 0 Å². The van der Waals surface area contributed by atoms with Gasteiger partial charge in [-0.15, -0.1) is 5.10 Å². The molecule has 0 spiro atoms. The lowest BCUT2D eigenvalue weighted by atomic mass is 10.0. The molecule has 2 saturated heterocycles. The normalized spacial score (nSPS) is 18.8. The standard InChI is InChI=1S/C18H23N9O/c28-18-15(26-10-5-21-23-26)12-22-27(18)17-11-16(19-13-20-17)25-8-3-14(4-9-25)24-6-1-2-7-24/h5,10-14,22H,1-4,6-9H2. The molecule has 0 amide bonds. The number of aromatic amines is 1. The van der Waals surface area contributed by atoms with Crippen LogP contribution in [-0.4, -0.2) is 71.9 Å². The van der Waals surface area contributed by atoms with E-state index in [1.54, 1.807) is 12.4 Å². The van der Waals surface area contributed by atoms with Gasteiger partial charge < -0.3 is 9.80 Å². The van der Waals surface area contributed by atoms with Crippen LogP contribution in [0.25, 0.3) is 11.5 Å². The minimum Gasteiger partial charge on any atom is -0.356 e. The first-order valence-electron chi connectivity index (χ1n) is 9.78. The number of aromatic nitrogens is 7. The summed E-state index contributed by atoms with van der Waals surface area (Å²) in [4.78, 5) is 26.3. The number of hydrogen-bond acceptors (Lipinski definition) is 7. The molecule has 3 aromatic rings. The Labute approximate surface area is 161 Å². The van der Waals surface area contributed by atoms with Crippen molar-refractivity contribution in [3.63, 3.8) is 0 Å². The van der Waals surface area contributed by atoms with E-state index in [9.17, 15) is 4.79 Å². The van der Waals surface area contributed by atoms with Crippen LogP contribution < -0.4 is 10.5 Å². The molecule has 2 aliphatic heterocycles. The van der Waals surface area contributed by atoms with Crippen LogP contribution >= 0.6 is 0 Å². The predicted octanol–water partition coefficient (Wildman–Crippen LogP) is 0.601. The van der Waals surface area contributed by atoms with E-state index >= 15 is 0 Å². The van der Waals surface area contributed by atoms with Gasteiger partial charge in [0.2, 0.25) is 0 Å². The van der Waals surface area contributed by atoms with Crippen molar-refractivity contribution < 1.29 is 0 Å². The van der Waals surface area contributed by atoms with E-state index in [0.29, 0.717) is 17.5 Å². The van der Waals surface area contributed by atoms with Crippen LogP contribution in [0.3, 0.4) is 0 Å². The molecule has 2 fully saturated rings. The number of nitrogens with zero attached hydrogens (tertiary/aromatic N) is 8. The molecule has 10 heteroatoms. The van der Waals surface area contributed by atoms with Gasteiger partial charge in [-0.2, -0.15) is 4.68 Å². The summed E-state index contributed by atoms with van der Waals surface area (Å²) in [6.45, 7) is 4.43. The molecule has 0 radical (unpaired) electrons. The maximum Gasteiger partial charge on any atom is 0.298 e. The lowest BCUT2D eigenvalue weighted by Gasteiger charge is -2.37. The summed E-state index contributed by atoms with van der Waals surface area (Å²) in [6.07, 6.45) is 11.2. The fourth-order valence-corrected chi connectivity index (χ4v) is 4.23. The molecule has 28 heavy (non-hydrogen) atoms. The Morgan fingerprint density at radius 1 is 1.04 bits per heavy atom. The molecular weight excluding hydrogens is 358 g/mol. The van der Waals surface area contributed by atoms with E-state index in [1.807, 2.05) is 6.07 Å². The van der Waals surface area contributed by atoms with Gasteiger partial charge in [0.05, 0.1) is 18.6 Å². The van der Waals surface area contributed by atoms with Crippen molar-refractivity contribution in [3.05, 3.63) is 41.3 Å². The van der Waals surface area contributed by atoms with E-state index in [4.69, 9.17) is 0 Å². The number of H-pyrrole nitrogens is 1. The van der Waals surface area contributed by atoms with Crippen molar-refractivity contribution in [2.24, 2.45) is 0 Å². The largest absolute Gasteiger partial charge is 0.356 e. The van der Waals surface area contributed by atoms with Crippen LogP contribution in [-0.2, 0) is 0 Å². The Hall–Kier alpha value is -3.01. The van der Waals surface area contributed by atoms with Gasteiger partial charge in [-0.3, -0.25) is 9.89 Å². The third kappa shape index (κ3) is 3.09. The topological polar surface area (TPSA) is 101 Å². The molecule has 1 N–H and O–H groups in total. The van der Waals surface area contributed by atoms with E-state index in [0.717, 1.165) is 31.7 Å². The molecule has 10 nitrogen and oxygen atoms in total. The number of piperidine rings is 1. The van der Waals surface area contributed by atoms with Crippen molar-refractivity contribution in [3.8, 4) is 11.5 Å². The highest BCUT2D eigenvalue weighted by Gasteiger charge is 2.27. The smallest absolute Gasteiger partial charge is 0.298 e. The zero-order valence-corrected chi connectivity index (χ0v) is 15.6. The second-order valence-electron chi connectivity index (χ2n) is 7.34. The van der Waals surface area contributed by atoms with Crippen molar-refractivity contribution >= 4 is 5.82 Å². The van der Waals surface area contributed by atoms with Gasteiger partial charge in [-0.25, -0.2) is 14.6 Å². The first-order chi connectivity index (χ1) is 13.8. The second-order valence-corrected chi connectivity index (χ2v) is 7.34. The summed E-state index contributed by atoms with van der Waals surface area (Å²) in [7, 11) is 0. The first-order valence-corrected chi connectivity index (χ1v) is 9.78. The zero-order chi connectivity index (χ0) is 18.9. The van der Waals surface area contributed by atoms with Gasteiger partial charge in [0.15, 0.2) is 11.5 Å². The lowest BCUT2D eigenvalue weighted by molar-refractivity contribution is 0.207. The van der Waals surface area contributed by atoms with Crippen molar-refractivity contribution in [2.45, 2.75) is 31.7 Å². The number of anilines is 1. The maximum absolute atomic E-state index is 12.7. The fourth-order valence-electron chi connectivity index (χ4n) is 4.23. The first kappa shape index (κ1) is 17.1. The monoisotopic (exact) mass is 381 g/mol. The highest BCUT2D eigenvalue weighted by molar-refractivity contribution is 5.44.